The van der Waals surface area contributed by atoms with Crippen LogP contribution >= 0.6 is 35.1 Å². The zero-order chi connectivity index (χ0) is 32.5. The van der Waals surface area contributed by atoms with E-state index >= 15 is 0 Å². The molecule has 0 aliphatic carbocycles. The number of nitrogens with one attached hydrogen (secondary N) is 4. The van der Waals surface area contributed by atoms with Crippen molar-refractivity contribution in [3.05, 3.63) is 68.1 Å². The highest BCUT2D eigenvalue weighted by Crippen LogP contribution is 2.27. The minimum absolute atomic E-state index is 0. The largest absolute Gasteiger partial charge is 0.351 e. The number of hydrogen-bond donors (Lipinski definition) is 4. The number of nitrogens with zero attached hydrogens (tertiary/aromatic N) is 3. The lowest BCUT2D eigenvalue weighted by atomic mass is 10.0. The standard InChI is InChI=1S/C33H43N7O4S2.ClH/c1-21(2)17-24-31-39-27(20-46-31)30(43)37-25(18-22-9-4-3-5-10-22)32-38-26(19-45-32)29(42)35-14-8-16-40(15-7-12-28(41)36-24)33(44)23-11-6-13-34-23;/h3-5,9-10,19-21,23-25,34H,6-8,11-18H2,1-2H3,(H,35,42)(H,36,41)(H,37,43);1H/t23-,24?,25-;/m0./s1. The van der Waals surface area contributed by atoms with Gasteiger partial charge >= 0.3 is 0 Å². The first-order chi connectivity index (χ1) is 22.3. The Morgan fingerprint density at radius 2 is 1.57 bits per heavy atom. The maximum Gasteiger partial charge on any atom is 0.271 e. The van der Waals surface area contributed by atoms with Gasteiger partial charge < -0.3 is 26.2 Å². The highest BCUT2D eigenvalue weighted by atomic mass is 35.5. The topological polar surface area (TPSA) is 145 Å². The lowest BCUT2D eigenvalue weighted by molar-refractivity contribution is -0.133. The van der Waals surface area contributed by atoms with E-state index in [1.807, 2.05) is 35.2 Å². The van der Waals surface area contributed by atoms with Gasteiger partial charge in [-0.1, -0.05) is 44.2 Å². The molecule has 4 bridgehead atoms. The second-order valence-corrected chi connectivity index (χ2v) is 14.1. The second kappa shape index (κ2) is 17.7. The van der Waals surface area contributed by atoms with Crippen molar-refractivity contribution in [2.75, 3.05) is 26.2 Å². The van der Waals surface area contributed by atoms with Crippen LogP contribution in [0.2, 0.25) is 0 Å². The molecule has 2 aliphatic heterocycles. The summed E-state index contributed by atoms with van der Waals surface area (Å²) in [5.41, 5.74) is 1.58. The molecular formula is C33H44ClN7O4S2. The summed E-state index contributed by atoms with van der Waals surface area (Å²) in [4.78, 5) is 64.1. The summed E-state index contributed by atoms with van der Waals surface area (Å²) in [5.74, 6) is -0.420. The van der Waals surface area contributed by atoms with E-state index < -0.39 is 6.04 Å². The highest BCUT2D eigenvalue weighted by Gasteiger charge is 2.28. The van der Waals surface area contributed by atoms with Gasteiger partial charge in [-0.25, -0.2) is 9.97 Å². The number of amides is 4. The van der Waals surface area contributed by atoms with Crippen LogP contribution < -0.4 is 21.3 Å². The van der Waals surface area contributed by atoms with Crippen LogP contribution in [0.5, 0.6) is 0 Å². The summed E-state index contributed by atoms with van der Waals surface area (Å²) < 4.78 is 0. The maximum absolute atomic E-state index is 13.5. The molecule has 3 aromatic rings. The van der Waals surface area contributed by atoms with Crippen molar-refractivity contribution >= 4 is 58.7 Å². The third-order valence-electron chi connectivity index (χ3n) is 8.13. The molecule has 0 radical (unpaired) electrons. The summed E-state index contributed by atoms with van der Waals surface area (Å²) >= 11 is 2.68. The van der Waals surface area contributed by atoms with Crippen LogP contribution in [0, 0.1) is 5.92 Å². The maximum atomic E-state index is 13.5. The Balaban J connectivity index is 0.00000500. The van der Waals surface area contributed by atoms with Crippen LogP contribution in [0.1, 0.15) is 101 Å². The van der Waals surface area contributed by atoms with Crippen LogP contribution in [0.25, 0.3) is 0 Å². The minimum atomic E-state index is -0.476. The summed E-state index contributed by atoms with van der Waals surface area (Å²) in [6.45, 7) is 6.30. The summed E-state index contributed by atoms with van der Waals surface area (Å²) in [6.07, 6.45) is 4.28. The van der Waals surface area contributed by atoms with Crippen molar-refractivity contribution in [3.8, 4) is 0 Å². The van der Waals surface area contributed by atoms with E-state index in [4.69, 9.17) is 0 Å². The smallest absolute Gasteiger partial charge is 0.271 e. The van der Waals surface area contributed by atoms with E-state index in [-0.39, 0.29) is 60.2 Å². The predicted octanol–water partition coefficient (Wildman–Crippen LogP) is 4.43. The molecular weight excluding hydrogens is 658 g/mol. The van der Waals surface area contributed by atoms with Crippen molar-refractivity contribution in [1.29, 1.82) is 0 Å². The molecule has 11 nitrogen and oxygen atoms in total. The number of carbonyl (C=O) groups is 4. The fourth-order valence-electron chi connectivity index (χ4n) is 5.79. The van der Waals surface area contributed by atoms with Crippen molar-refractivity contribution in [3.63, 3.8) is 0 Å². The van der Waals surface area contributed by atoms with Crippen molar-refractivity contribution in [1.82, 2.24) is 36.1 Å². The van der Waals surface area contributed by atoms with E-state index in [0.717, 1.165) is 24.9 Å². The van der Waals surface area contributed by atoms with Crippen molar-refractivity contribution < 1.29 is 19.2 Å². The van der Waals surface area contributed by atoms with E-state index in [1.165, 1.54) is 22.7 Å². The molecule has 3 atom stereocenters. The average Bonchev–Trinajstić information content (AvgIpc) is 3.83. The number of rotatable bonds is 5. The molecule has 0 spiro atoms. The van der Waals surface area contributed by atoms with Gasteiger partial charge in [-0.05, 0) is 56.6 Å². The Morgan fingerprint density at radius 3 is 2.26 bits per heavy atom. The Morgan fingerprint density at radius 1 is 0.894 bits per heavy atom. The molecule has 1 aromatic carbocycles. The van der Waals surface area contributed by atoms with Crippen LogP contribution in [-0.2, 0) is 16.0 Å². The van der Waals surface area contributed by atoms with Gasteiger partial charge in [-0.2, -0.15) is 0 Å². The quantitative estimate of drug-likeness (QED) is 0.308. The first-order valence-electron chi connectivity index (χ1n) is 16.1. The van der Waals surface area contributed by atoms with Gasteiger partial charge in [0, 0.05) is 36.8 Å². The van der Waals surface area contributed by atoms with Gasteiger partial charge in [0.25, 0.3) is 11.8 Å². The number of benzene rings is 1. The van der Waals surface area contributed by atoms with Gasteiger partial charge in [0.05, 0.1) is 18.1 Å². The number of carbonyl (C=O) groups excluding carboxylic acids is 4. The Labute approximate surface area is 290 Å². The Hall–Kier alpha value is -3.39. The molecule has 254 valence electrons. The van der Waals surface area contributed by atoms with E-state index in [2.05, 4.69) is 45.1 Å². The van der Waals surface area contributed by atoms with Crippen LogP contribution in [0.3, 0.4) is 0 Å². The zero-order valence-electron chi connectivity index (χ0n) is 26.8. The number of fused-ring (bicyclic) bond motifs is 4. The summed E-state index contributed by atoms with van der Waals surface area (Å²) in [6, 6.07) is 8.80. The SMILES string of the molecule is CC(C)CC1NC(=O)CCCN(C(=O)[C@@H]2CCCN2)CCCNC(=O)c2csc(n2)[C@H](Cc2ccccc2)NC(=O)c2csc1n2.Cl. The molecule has 2 aromatic heterocycles. The first kappa shape index (κ1) is 36.4. The van der Waals surface area contributed by atoms with Crippen molar-refractivity contribution in [2.24, 2.45) is 5.92 Å². The van der Waals surface area contributed by atoms with Gasteiger partial charge in [0.15, 0.2) is 0 Å². The van der Waals surface area contributed by atoms with Crippen LogP contribution in [0.4, 0.5) is 0 Å². The molecule has 4 heterocycles. The highest BCUT2D eigenvalue weighted by molar-refractivity contribution is 7.10. The third-order valence-corrected chi connectivity index (χ3v) is 10.0. The fraction of sp³-hybridized carbons (Fsp3) is 0.515. The molecule has 2 aliphatic rings. The fourth-order valence-corrected chi connectivity index (χ4v) is 7.50. The first-order valence-corrected chi connectivity index (χ1v) is 17.9. The van der Waals surface area contributed by atoms with E-state index in [9.17, 15) is 19.2 Å². The lowest BCUT2D eigenvalue weighted by Crippen LogP contribution is -2.45. The second-order valence-electron chi connectivity index (χ2n) is 12.3. The molecule has 4 amide bonds. The minimum Gasteiger partial charge on any atom is -0.351 e. The number of aromatic nitrogens is 2. The molecule has 0 saturated carbocycles. The molecule has 14 heteroatoms. The number of hydrogen-bond acceptors (Lipinski definition) is 9. The zero-order valence-corrected chi connectivity index (χ0v) is 29.3. The summed E-state index contributed by atoms with van der Waals surface area (Å²) in [7, 11) is 0. The number of halogens is 1. The van der Waals surface area contributed by atoms with Gasteiger partial charge in [0.1, 0.15) is 21.4 Å². The van der Waals surface area contributed by atoms with Gasteiger partial charge in [-0.3, -0.25) is 19.2 Å². The van der Waals surface area contributed by atoms with E-state index in [0.29, 0.717) is 66.9 Å². The Kier molecular flexibility index (Phi) is 13.7. The van der Waals surface area contributed by atoms with Gasteiger partial charge in [-0.15, -0.1) is 35.1 Å². The molecule has 1 fully saturated rings. The van der Waals surface area contributed by atoms with Crippen LogP contribution in [-0.4, -0.2) is 70.7 Å². The van der Waals surface area contributed by atoms with Crippen molar-refractivity contribution in [2.45, 2.75) is 76.9 Å². The van der Waals surface area contributed by atoms with Gasteiger partial charge in [0.2, 0.25) is 11.8 Å². The number of thiazole rings is 2. The molecule has 1 saturated heterocycles. The normalized spacial score (nSPS) is 21.6. The average molecular weight is 702 g/mol. The van der Waals surface area contributed by atoms with E-state index in [1.54, 1.807) is 10.8 Å². The summed E-state index contributed by atoms with van der Waals surface area (Å²) in [5, 5.41) is 17.2. The molecule has 4 N–H and O–H groups in total. The Bertz CT molecular complexity index is 1490. The third kappa shape index (κ3) is 10.3. The van der Waals surface area contributed by atoms with Crippen LogP contribution in [0.15, 0.2) is 41.1 Å². The molecule has 1 unspecified atom stereocenters. The molecule has 47 heavy (non-hydrogen) atoms. The molecule has 5 rings (SSSR count). The lowest BCUT2D eigenvalue weighted by Gasteiger charge is -2.26. The predicted molar refractivity (Wildman–Crippen MR) is 186 cm³/mol. The monoisotopic (exact) mass is 701 g/mol.